The van der Waals surface area contributed by atoms with E-state index in [0.717, 1.165) is 6.07 Å². The predicted octanol–water partition coefficient (Wildman–Crippen LogP) is 1.00. The summed E-state index contributed by atoms with van der Waals surface area (Å²) in [6.07, 6.45) is -4.88. The third kappa shape index (κ3) is 4.86. The Morgan fingerprint density at radius 2 is 1.96 bits per heavy atom. The number of amides is 1. The lowest BCUT2D eigenvalue weighted by atomic mass is 10.2. The number of H-pyrrole nitrogens is 2. The fraction of sp³-hybridized carbons (Fsp3) is 0.267. The van der Waals surface area contributed by atoms with Crippen molar-refractivity contribution in [3.8, 4) is 5.75 Å². The first kappa shape index (κ1) is 20.0. The average Bonchev–Trinajstić information content (AvgIpc) is 2.56. The van der Waals surface area contributed by atoms with Gasteiger partial charge in [-0.2, -0.15) is 13.2 Å². The summed E-state index contributed by atoms with van der Waals surface area (Å²) in [5.74, 6) is -2.58. The van der Waals surface area contributed by atoms with E-state index in [-0.39, 0.29) is 12.4 Å². The molecule has 0 aliphatic carbocycles. The number of benzene rings is 1. The molecule has 146 valence electrons. The highest BCUT2D eigenvalue weighted by Crippen LogP contribution is 2.33. The van der Waals surface area contributed by atoms with Gasteiger partial charge in [-0.25, -0.2) is 9.18 Å². The van der Waals surface area contributed by atoms with Gasteiger partial charge in [-0.1, -0.05) is 0 Å². The van der Waals surface area contributed by atoms with Gasteiger partial charge in [0.1, 0.15) is 29.6 Å². The van der Waals surface area contributed by atoms with Gasteiger partial charge in [-0.15, -0.1) is 0 Å². The molecule has 0 spiro atoms. The molecule has 1 aromatic carbocycles. The maximum Gasteiger partial charge on any atom is 0.419 e. The predicted molar refractivity (Wildman–Crippen MR) is 85.9 cm³/mol. The minimum absolute atomic E-state index is 0.256. The van der Waals surface area contributed by atoms with E-state index in [1.165, 1.54) is 6.92 Å². The zero-order valence-corrected chi connectivity index (χ0v) is 13.7. The summed E-state index contributed by atoms with van der Waals surface area (Å²) < 4.78 is 56.4. The lowest BCUT2D eigenvalue weighted by Crippen LogP contribution is -2.40. The van der Waals surface area contributed by atoms with Crippen LogP contribution in [0.15, 0.2) is 27.8 Å². The number of hydrogen-bond acceptors (Lipinski definition) is 5. The SMILES string of the molecule is C[C@H](COc1ccc(F)c(C(F)(F)F)c1)NC(=O)c1[nH]c(=O)[nH]c(=O)c1N. The molecular weight excluding hydrogens is 376 g/mol. The number of halogens is 4. The second kappa shape index (κ2) is 7.51. The summed E-state index contributed by atoms with van der Waals surface area (Å²) in [6, 6.07) is 1.36. The molecule has 5 N–H and O–H groups in total. The van der Waals surface area contributed by atoms with Crippen molar-refractivity contribution in [3.63, 3.8) is 0 Å². The monoisotopic (exact) mass is 390 g/mol. The van der Waals surface area contributed by atoms with Crippen molar-refractivity contribution in [2.75, 3.05) is 12.3 Å². The highest BCUT2D eigenvalue weighted by atomic mass is 19.4. The molecule has 0 aliphatic rings. The Labute approximate surface area is 148 Å². The van der Waals surface area contributed by atoms with Gasteiger partial charge >= 0.3 is 11.9 Å². The first-order valence-corrected chi connectivity index (χ1v) is 7.41. The molecule has 1 atom stereocenters. The van der Waals surface area contributed by atoms with Gasteiger partial charge < -0.3 is 20.8 Å². The fourth-order valence-corrected chi connectivity index (χ4v) is 2.05. The standard InChI is InChI=1S/C15H14F4N4O4/c1-6(21-13(25)11-10(20)12(24)23-14(26)22-11)5-27-7-2-3-9(16)8(4-7)15(17,18)19/h2-4,6H,5,20H2,1H3,(H,21,25)(H2,22,23,24,26)/t6-/m1/s1. The molecule has 2 aromatic rings. The summed E-state index contributed by atoms with van der Waals surface area (Å²) in [5, 5.41) is 2.35. The Morgan fingerprint density at radius 3 is 2.59 bits per heavy atom. The molecule has 0 radical (unpaired) electrons. The second-order valence-electron chi connectivity index (χ2n) is 5.52. The first-order chi connectivity index (χ1) is 12.5. The first-order valence-electron chi connectivity index (χ1n) is 7.41. The molecule has 0 unspecified atom stereocenters. The van der Waals surface area contributed by atoms with Crippen LogP contribution in [-0.2, 0) is 6.18 Å². The summed E-state index contributed by atoms with van der Waals surface area (Å²) in [4.78, 5) is 38.5. The number of carbonyl (C=O) groups is 1. The number of alkyl halides is 3. The van der Waals surface area contributed by atoms with Crippen molar-refractivity contribution in [2.45, 2.75) is 19.1 Å². The van der Waals surface area contributed by atoms with Crippen LogP contribution < -0.4 is 27.0 Å². The number of aromatic nitrogens is 2. The van der Waals surface area contributed by atoms with Crippen molar-refractivity contribution in [2.24, 2.45) is 0 Å². The maximum absolute atomic E-state index is 13.2. The van der Waals surface area contributed by atoms with Crippen molar-refractivity contribution >= 4 is 11.6 Å². The third-order valence-corrected chi connectivity index (χ3v) is 3.33. The third-order valence-electron chi connectivity index (χ3n) is 3.33. The molecule has 27 heavy (non-hydrogen) atoms. The number of ether oxygens (including phenoxy) is 1. The lowest BCUT2D eigenvalue weighted by Gasteiger charge is -2.16. The van der Waals surface area contributed by atoms with E-state index in [1.54, 1.807) is 0 Å². The summed E-state index contributed by atoms with van der Waals surface area (Å²) in [5.41, 5.74) is 1.09. The molecular formula is C15H14F4N4O4. The number of nitrogens with two attached hydrogens (primary N) is 1. The summed E-state index contributed by atoms with van der Waals surface area (Å²) >= 11 is 0. The van der Waals surface area contributed by atoms with Crippen LogP contribution in [0.25, 0.3) is 0 Å². The minimum Gasteiger partial charge on any atom is -0.491 e. The molecule has 0 fully saturated rings. The number of carbonyl (C=O) groups excluding carboxylic acids is 1. The van der Waals surface area contributed by atoms with Crippen LogP contribution in [0, 0.1) is 5.82 Å². The normalized spacial score (nSPS) is 12.5. The number of rotatable bonds is 5. The highest BCUT2D eigenvalue weighted by Gasteiger charge is 2.34. The Bertz CT molecular complexity index is 968. The number of nitrogen functional groups attached to an aromatic ring is 1. The molecule has 12 heteroatoms. The molecule has 0 bridgehead atoms. The van der Waals surface area contributed by atoms with Gasteiger partial charge in [0.2, 0.25) is 0 Å². The van der Waals surface area contributed by atoms with Gasteiger partial charge in [0.25, 0.3) is 11.5 Å². The van der Waals surface area contributed by atoms with E-state index in [4.69, 9.17) is 10.5 Å². The molecule has 0 saturated carbocycles. The maximum atomic E-state index is 13.2. The zero-order valence-electron chi connectivity index (χ0n) is 13.7. The highest BCUT2D eigenvalue weighted by molar-refractivity contribution is 5.96. The van der Waals surface area contributed by atoms with Crippen LogP contribution >= 0.6 is 0 Å². The van der Waals surface area contributed by atoms with Crippen LogP contribution in [0.4, 0.5) is 23.2 Å². The number of aromatic amines is 2. The Hall–Kier alpha value is -3.31. The van der Waals surface area contributed by atoms with Crippen LogP contribution in [0.3, 0.4) is 0 Å². The second-order valence-corrected chi connectivity index (χ2v) is 5.52. The van der Waals surface area contributed by atoms with Crippen molar-refractivity contribution in [1.82, 2.24) is 15.3 Å². The minimum atomic E-state index is -4.88. The van der Waals surface area contributed by atoms with E-state index in [1.807, 2.05) is 4.98 Å². The molecule has 0 saturated heterocycles. The largest absolute Gasteiger partial charge is 0.491 e. The molecule has 1 aromatic heterocycles. The van der Waals surface area contributed by atoms with Gasteiger partial charge in [0.05, 0.1) is 11.6 Å². The number of nitrogens with one attached hydrogen (secondary N) is 3. The molecule has 1 amide bonds. The summed E-state index contributed by atoms with van der Waals surface area (Å²) in [7, 11) is 0. The van der Waals surface area contributed by atoms with Gasteiger partial charge in [0.15, 0.2) is 0 Å². The molecule has 1 heterocycles. The summed E-state index contributed by atoms with van der Waals surface area (Å²) in [6.45, 7) is 1.18. The number of hydrogen-bond donors (Lipinski definition) is 4. The molecule has 8 nitrogen and oxygen atoms in total. The van der Waals surface area contributed by atoms with E-state index in [0.29, 0.717) is 12.1 Å². The Kier molecular flexibility index (Phi) is 5.57. The van der Waals surface area contributed by atoms with Crippen LogP contribution in [0.1, 0.15) is 23.0 Å². The van der Waals surface area contributed by atoms with Crippen LogP contribution in [0.2, 0.25) is 0 Å². The molecule has 0 aliphatic heterocycles. The number of anilines is 1. The van der Waals surface area contributed by atoms with E-state index in [9.17, 15) is 31.9 Å². The van der Waals surface area contributed by atoms with Gasteiger partial charge in [-0.05, 0) is 25.1 Å². The Balaban J connectivity index is 2.05. The lowest BCUT2D eigenvalue weighted by molar-refractivity contribution is -0.140. The topological polar surface area (TPSA) is 130 Å². The van der Waals surface area contributed by atoms with Crippen molar-refractivity contribution in [3.05, 3.63) is 56.1 Å². The zero-order chi connectivity index (χ0) is 20.4. The van der Waals surface area contributed by atoms with Crippen LogP contribution in [0.5, 0.6) is 5.75 Å². The van der Waals surface area contributed by atoms with E-state index >= 15 is 0 Å². The van der Waals surface area contributed by atoms with E-state index < -0.39 is 52.1 Å². The molecule has 2 rings (SSSR count). The van der Waals surface area contributed by atoms with E-state index in [2.05, 4.69) is 10.3 Å². The van der Waals surface area contributed by atoms with Crippen LogP contribution in [-0.4, -0.2) is 28.5 Å². The average molecular weight is 390 g/mol. The van der Waals surface area contributed by atoms with Gasteiger partial charge in [-0.3, -0.25) is 14.6 Å². The Morgan fingerprint density at radius 1 is 1.30 bits per heavy atom. The van der Waals surface area contributed by atoms with Crippen molar-refractivity contribution in [1.29, 1.82) is 0 Å². The fourth-order valence-electron chi connectivity index (χ4n) is 2.05. The smallest absolute Gasteiger partial charge is 0.419 e. The quantitative estimate of drug-likeness (QED) is 0.566. The van der Waals surface area contributed by atoms with Crippen molar-refractivity contribution < 1.29 is 27.1 Å². The van der Waals surface area contributed by atoms with Gasteiger partial charge in [0, 0.05) is 0 Å².